The number of nitrogens with zero attached hydrogens (tertiary/aromatic N) is 1. The Morgan fingerprint density at radius 1 is 1.38 bits per heavy atom. The van der Waals surface area contributed by atoms with E-state index in [9.17, 15) is 13.6 Å². The smallest absolute Gasteiger partial charge is 0.255 e. The quantitative estimate of drug-likeness (QED) is 0.847. The standard InChI is InChI=1S/C15H20F2N2OS/c1-4-15(2)14(20)19(9-12(16)17)13(18-15)10-5-7-11(21-3)8-6-10/h5-8,12-13,18H,4,9H2,1-3H3. The molecule has 21 heavy (non-hydrogen) atoms. The topological polar surface area (TPSA) is 32.3 Å². The van der Waals surface area contributed by atoms with Crippen LogP contribution in [0, 0.1) is 0 Å². The maximum absolute atomic E-state index is 12.8. The van der Waals surface area contributed by atoms with Crippen LogP contribution in [0.25, 0.3) is 0 Å². The lowest BCUT2D eigenvalue weighted by atomic mass is 9.99. The molecule has 2 rings (SSSR count). The van der Waals surface area contributed by atoms with Gasteiger partial charge in [0.25, 0.3) is 6.43 Å². The molecule has 2 atom stereocenters. The van der Waals surface area contributed by atoms with Crippen LogP contribution in [0.4, 0.5) is 8.78 Å². The molecule has 1 aliphatic heterocycles. The molecule has 6 heteroatoms. The summed E-state index contributed by atoms with van der Waals surface area (Å²) in [6.07, 6.45) is -0.496. The maximum Gasteiger partial charge on any atom is 0.255 e. The molecule has 0 spiro atoms. The first kappa shape index (κ1) is 16.2. The molecule has 0 saturated carbocycles. The Morgan fingerprint density at radius 3 is 2.48 bits per heavy atom. The molecular formula is C15H20F2N2OS. The first-order valence-corrected chi connectivity index (χ1v) is 8.14. The monoisotopic (exact) mass is 314 g/mol. The van der Waals surface area contributed by atoms with E-state index in [2.05, 4.69) is 5.32 Å². The predicted octanol–water partition coefficient (Wildman–Crippen LogP) is 3.27. The zero-order valence-corrected chi connectivity index (χ0v) is 13.2. The molecule has 1 aromatic carbocycles. The Morgan fingerprint density at radius 2 is 2.00 bits per heavy atom. The lowest BCUT2D eigenvalue weighted by molar-refractivity contribution is -0.134. The van der Waals surface area contributed by atoms with Gasteiger partial charge in [0.05, 0.1) is 12.1 Å². The van der Waals surface area contributed by atoms with E-state index < -0.39 is 24.7 Å². The molecular weight excluding hydrogens is 294 g/mol. The number of alkyl halides is 2. The Kier molecular flexibility index (Phi) is 4.88. The molecule has 1 saturated heterocycles. The number of hydrogen-bond donors (Lipinski definition) is 1. The van der Waals surface area contributed by atoms with Crippen molar-refractivity contribution in [3.8, 4) is 0 Å². The molecule has 0 radical (unpaired) electrons. The summed E-state index contributed by atoms with van der Waals surface area (Å²) in [6, 6.07) is 7.65. The molecule has 1 fully saturated rings. The zero-order valence-electron chi connectivity index (χ0n) is 12.4. The van der Waals surface area contributed by atoms with E-state index in [1.54, 1.807) is 18.7 Å². The second kappa shape index (κ2) is 6.32. The Labute approximate surface area is 128 Å². The highest BCUT2D eigenvalue weighted by Crippen LogP contribution is 2.33. The van der Waals surface area contributed by atoms with E-state index in [0.29, 0.717) is 6.42 Å². The van der Waals surface area contributed by atoms with Crippen LogP contribution in [0.5, 0.6) is 0 Å². The molecule has 116 valence electrons. The third-order valence-electron chi connectivity index (χ3n) is 3.97. The lowest BCUT2D eigenvalue weighted by Crippen LogP contribution is -2.43. The van der Waals surface area contributed by atoms with Gasteiger partial charge in [-0.2, -0.15) is 0 Å². The number of thioether (sulfide) groups is 1. The summed E-state index contributed by atoms with van der Waals surface area (Å²) < 4.78 is 25.6. The average Bonchev–Trinajstić information content (AvgIpc) is 2.73. The minimum atomic E-state index is -2.54. The largest absolute Gasteiger partial charge is 0.316 e. The van der Waals surface area contributed by atoms with Gasteiger partial charge in [0.2, 0.25) is 5.91 Å². The minimum absolute atomic E-state index is 0.260. The average molecular weight is 314 g/mol. The van der Waals surface area contributed by atoms with Gasteiger partial charge in [-0.15, -0.1) is 11.8 Å². The molecule has 3 nitrogen and oxygen atoms in total. The van der Waals surface area contributed by atoms with Crippen molar-refractivity contribution < 1.29 is 13.6 Å². The van der Waals surface area contributed by atoms with E-state index in [-0.39, 0.29) is 5.91 Å². The number of amides is 1. The van der Waals surface area contributed by atoms with Gasteiger partial charge in [-0.1, -0.05) is 19.1 Å². The van der Waals surface area contributed by atoms with E-state index in [0.717, 1.165) is 10.5 Å². The minimum Gasteiger partial charge on any atom is -0.316 e. The lowest BCUT2D eigenvalue weighted by Gasteiger charge is -2.24. The Bertz CT molecular complexity index is 509. The highest BCUT2D eigenvalue weighted by molar-refractivity contribution is 7.98. The van der Waals surface area contributed by atoms with Crippen LogP contribution in [-0.2, 0) is 4.79 Å². The third-order valence-corrected chi connectivity index (χ3v) is 4.72. The van der Waals surface area contributed by atoms with Gasteiger partial charge in [0.15, 0.2) is 0 Å². The molecule has 0 aliphatic carbocycles. The van der Waals surface area contributed by atoms with Crippen molar-refractivity contribution in [2.24, 2.45) is 0 Å². The van der Waals surface area contributed by atoms with Crippen LogP contribution in [0.3, 0.4) is 0 Å². The van der Waals surface area contributed by atoms with Gasteiger partial charge >= 0.3 is 0 Å². The summed E-state index contributed by atoms with van der Waals surface area (Å²) in [7, 11) is 0. The number of carbonyl (C=O) groups is 1. The number of carbonyl (C=O) groups excluding carboxylic acids is 1. The van der Waals surface area contributed by atoms with E-state index in [4.69, 9.17) is 0 Å². The highest BCUT2D eigenvalue weighted by Gasteiger charge is 2.47. The van der Waals surface area contributed by atoms with Crippen LogP contribution >= 0.6 is 11.8 Å². The molecule has 0 aromatic heterocycles. The van der Waals surface area contributed by atoms with E-state index >= 15 is 0 Å². The van der Waals surface area contributed by atoms with E-state index in [1.807, 2.05) is 37.4 Å². The van der Waals surface area contributed by atoms with Crippen LogP contribution in [0.15, 0.2) is 29.2 Å². The van der Waals surface area contributed by atoms with Crippen molar-refractivity contribution in [3.05, 3.63) is 29.8 Å². The van der Waals surface area contributed by atoms with Crippen LogP contribution < -0.4 is 5.32 Å². The van der Waals surface area contributed by atoms with Crippen LogP contribution in [0.2, 0.25) is 0 Å². The molecule has 1 aliphatic rings. The molecule has 2 unspecified atom stereocenters. The summed E-state index contributed by atoms with van der Waals surface area (Å²) in [4.78, 5) is 14.8. The SMILES string of the molecule is CCC1(C)NC(c2ccc(SC)cc2)N(CC(F)F)C1=O. The first-order valence-electron chi connectivity index (χ1n) is 6.92. The number of benzene rings is 1. The summed E-state index contributed by atoms with van der Waals surface area (Å²) in [5.74, 6) is -0.260. The van der Waals surface area contributed by atoms with Crippen molar-refractivity contribution in [2.45, 2.75) is 43.3 Å². The summed E-state index contributed by atoms with van der Waals surface area (Å²) >= 11 is 1.62. The van der Waals surface area contributed by atoms with Crippen molar-refractivity contribution in [2.75, 3.05) is 12.8 Å². The zero-order chi connectivity index (χ0) is 15.6. The van der Waals surface area contributed by atoms with Crippen molar-refractivity contribution in [1.29, 1.82) is 0 Å². The van der Waals surface area contributed by atoms with Crippen molar-refractivity contribution >= 4 is 17.7 Å². The predicted molar refractivity (Wildman–Crippen MR) is 80.5 cm³/mol. The van der Waals surface area contributed by atoms with Gasteiger partial charge in [-0.3, -0.25) is 10.1 Å². The van der Waals surface area contributed by atoms with Gasteiger partial charge < -0.3 is 4.90 Å². The number of hydrogen-bond acceptors (Lipinski definition) is 3. The van der Waals surface area contributed by atoms with Gasteiger partial charge in [-0.05, 0) is 37.3 Å². The molecule has 1 aromatic rings. The summed E-state index contributed by atoms with van der Waals surface area (Å²) in [5.41, 5.74) is 0.0524. The fourth-order valence-corrected chi connectivity index (χ4v) is 2.92. The van der Waals surface area contributed by atoms with Gasteiger partial charge in [-0.25, -0.2) is 8.78 Å². The molecule has 1 amide bonds. The number of rotatable bonds is 5. The van der Waals surface area contributed by atoms with Gasteiger partial charge in [0, 0.05) is 4.90 Å². The fourth-order valence-electron chi connectivity index (χ4n) is 2.52. The second-order valence-electron chi connectivity index (χ2n) is 5.35. The normalized spacial score (nSPS) is 25.9. The summed E-state index contributed by atoms with van der Waals surface area (Å²) in [5, 5.41) is 3.21. The second-order valence-corrected chi connectivity index (χ2v) is 6.23. The summed E-state index contributed by atoms with van der Waals surface area (Å²) in [6.45, 7) is 3.10. The third kappa shape index (κ3) is 3.21. The maximum atomic E-state index is 12.8. The van der Waals surface area contributed by atoms with Crippen LogP contribution in [-0.4, -0.2) is 35.6 Å². The van der Waals surface area contributed by atoms with Crippen molar-refractivity contribution in [1.82, 2.24) is 10.2 Å². The first-order chi connectivity index (χ1) is 9.91. The number of nitrogens with one attached hydrogen (secondary N) is 1. The molecule has 1 heterocycles. The molecule has 0 bridgehead atoms. The Balaban J connectivity index is 2.31. The van der Waals surface area contributed by atoms with Gasteiger partial charge in [0.1, 0.15) is 6.17 Å². The molecule has 1 N–H and O–H groups in total. The van der Waals surface area contributed by atoms with Crippen molar-refractivity contribution in [3.63, 3.8) is 0 Å². The van der Waals surface area contributed by atoms with Crippen LogP contribution in [0.1, 0.15) is 32.0 Å². The fraction of sp³-hybridized carbons (Fsp3) is 0.533. The number of halogens is 2. The Hall–Kier alpha value is -1.14. The highest BCUT2D eigenvalue weighted by atomic mass is 32.2. The van der Waals surface area contributed by atoms with E-state index in [1.165, 1.54) is 4.90 Å².